The molecule has 2 nitrogen and oxygen atoms in total. The topological polar surface area (TPSA) is 26.3 Å². The van der Waals surface area contributed by atoms with E-state index in [0.717, 1.165) is 32.1 Å². The third-order valence-corrected chi connectivity index (χ3v) is 5.16. The fraction of sp³-hybridized carbons (Fsp3) is 0.667. The van der Waals surface area contributed by atoms with Crippen molar-refractivity contribution in [3.8, 4) is 0 Å². The highest BCUT2D eigenvalue weighted by Crippen LogP contribution is 2.45. The molecule has 1 heterocycles. The lowest BCUT2D eigenvalue weighted by molar-refractivity contribution is -0.171. The number of hydrogen-bond donors (Lipinski definition) is 0. The zero-order chi connectivity index (χ0) is 13.2. The summed E-state index contributed by atoms with van der Waals surface area (Å²) >= 11 is 1.70. The minimum atomic E-state index is -0.382. The van der Waals surface area contributed by atoms with Crippen molar-refractivity contribution >= 4 is 17.3 Å². The van der Waals surface area contributed by atoms with Gasteiger partial charge in [0.2, 0.25) is 0 Å². The minimum absolute atomic E-state index is 0.0553. The van der Waals surface area contributed by atoms with E-state index in [1.807, 2.05) is 26.8 Å². The zero-order valence-electron chi connectivity index (χ0n) is 11.5. The monoisotopic (exact) mass is 266 g/mol. The highest BCUT2D eigenvalue weighted by atomic mass is 32.1. The molecular formula is C15H22O2S. The molecule has 1 aliphatic carbocycles. The molecule has 0 N–H and O–H groups in total. The SMILES string of the molecule is CCC(C)(C)C(=O)OC1(c2cccs2)CCCC1. The van der Waals surface area contributed by atoms with Gasteiger partial charge in [0.1, 0.15) is 5.60 Å². The Bertz CT molecular complexity index is 400. The van der Waals surface area contributed by atoms with Gasteiger partial charge in [0.15, 0.2) is 0 Å². The molecule has 0 bridgehead atoms. The maximum absolute atomic E-state index is 12.3. The second kappa shape index (κ2) is 5.04. The molecule has 0 spiro atoms. The predicted molar refractivity (Wildman–Crippen MR) is 74.6 cm³/mol. The van der Waals surface area contributed by atoms with E-state index in [9.17, 15) is 4.79 Å². The number of thiophene rings is 1. The average molecular weight is 266 g/mol. The summed E-state index contributed by atoms with van der Waals surface area (Å²) in [5.74, 6) is -0.0553. The predicted octanol–water partition coefficient (Wildman–Crippen LogP) is 4.50. The summed E-state index contributed by atoms with van der Waals surface area (Å²) in [5, 5.41) is 2.06. The second-order valence-corrected chi connectivity index (χ2v) is 6.75. The van der Waals surface area contributed by atoms with Gasteiger partial charge in [-0.05, 0) is 57.4 Å². The number of carbonyl (C=O) groups excluding carboxylic acids is 1. The van der Waals surface area contributed by atoms with Crippen molar-refractivity contribution in [3.63, 3.8) is 0 Å². The Morgan fingerprint density at radius 3 is 2.61 bits per heavy atom. The molecule has 2 rings (SSSR count). The van der Waals surface area contributed by atoms with Crippen molar-refractivity contribution in [1.82, 2.24) is 0 Å². The molecule has 1 saturated carbocycles. The van der Waals surface area contributed by atoms with Gasteiger partial charge >= 0.3 is 5.97 Å². The van der Waals surface area contributed by atoms with Crippen molar-refractivity contribution in [2.75, 3.05) is 0 Å². The van der Waals surface area contributed by atoms with E-state index in [1.165, 1.54) is 4.88 Å². The summed E-state index contributed by atoms with van der Waals surface area (Å²) in [4.78, 5) is 13.5. The van der Waals surface area contributed by atoms with E-state index in [1.54, 1.807) is 11.3 Å². The van der Waals surface area contributed by atoms with Crippen LogP contribution in [0.1, 0.15) is 57.8 Å². The standard InChI is InChI=1S/C15H22O2S/c1-4-14(2,3)13(16)17-15(9-5-6-10-15)12-8-7-11-18-12/h7-8,11H,4-6,9-10H2,1-3H3. The van der Waals surface area contributed by atoms with Crippen LogP contribution < -0.4 is 0 Å². The van der Waals surface area contributed by atoms with E-state index in [0.29, 0.717) is 0 Å². The van der Waals surface area contributed by atoms with Crippen LogP contribution in [0.25, 0.3) is 0 Å². The van der Waals surface area contributed by atoms with E-state index < -0.39 is 0 Å². The summed E-state index contributed by atoms with van der Waals surface area (Å²) in [6.07, 6.45) is 5.06. The lowest BCUT2D eigenvalue weighted by Crippen LogP contribution is -2.35. The molecule has 0 atom stereocenters. The molecule has 100 valence electrons. The van der Waals surface area contributed by atoms with Gasteiger partial charge in [-0.25, -0.2) is 0 Å². The number of ether oxygens (including phenoxy) is 1. The van der Waals surface area contributed by atoms with Crippen molar-refractivity contribution in [2.24, 2.45) is 5.41 Å². The van der Waals surface area contributed by atoms with Crippen LogP contribution in [0.15, 0.2) is 17.5 Å². The molecule has 3 heteroatoms. The van der Waals surface area contributed by atoms with Crippen LogP contribution >= 0.6 is 11.3 Å². The molecule has 0 unspecified atom stereocenters. The van der Waals surface area contributed by atoms with E-state index in [4.69, 9.17) is 4.74 Å². The number of esters is 1. The Labute approximate surface area is 113 Å². The summed E-state index contributed by atoms with van der Waals surface area (Å²) in [6, 6.07) is 4.14. The molecule has 0 aromatic carbocycles. The Morgan fingerprint density at radius 2 is 2.11 bits per heavy atom. The number of rotatable bonds is 4. The number of carbonyl (C=O) groups is 1. The van der Waals surface area contributed by atoms with Gasteiger partial charge in [-0.3, -0.25) is 4.79 Å². The Kier molecular flexibility index (Phi) is 3.81. The fourth-order valence-corrected chi connectivity index (χ4v) is 3.26. The molecule has 1 aliphatic rings. The van der Waals surface area contributed by atoms with Gasteiger partial charge in [0.25, 0.3) is 0 Å². The van der Waals surface area contributed by atoms with E-state index in [-0.39, 0.29) is 17.0 Å². The van der Waals surface area contributed by atoms with Gasteiger partial charge < -0.3 is 4.74 Å². The van der Waals surface area contributed by atoms with Crippen LogP contribution in [0.4, 0.5) is 0 Å². The molecular weight excluding hydrogens is 244 g/mol. The van der Waals surface area contributed by atoms with Crippen molar-refractivity contribution in [1.29, 1.82) is 0 Å². The summed E-state index contributed by atoms with van der Waals surface area (Å²) in [5.41, 5.74) is -0.718. The van der Waals surface area contributed by atoms with Crippen LogP contribution in [-0.4, -0.2) is 5.97 Å². The van der Waals surface area contributed by atoms with Gasteiger partial charge in [0.05, 0.1) is 5.41 Å². The highest BCUT2D eigenvalue weighted by Gasteiger charge is 2.43. The zero-order valence-corrected chi connectivity index (χ0v) is 12.3. The van der Waals surface area contributed by atoms with Gasteiger partial charge in [-0.1, -0.05) is 13.0 Å². The van der Waals surface area contributed by atoms with Crippen molar-refractivity contribution in [3.05, 3.63) is 22.4 Å². The summed E-state index contributed by atoms with van der Waals surface area (Å²) in [6.45, 7) is 5.96. The Morgan fingerprint density at radius 1 is 1.44 bits per heavy atom. The van der Waals surface area contributed by atoms with Crippen LogP contribution in [-0.2, 0) is 15.1 Å². The lowest BCUT2D eigenvalue weighted by Gasteiger charge is -2.32. The smallest absolute Gasteiger partial charge is 0.312 e. The van der Waals surface area contributed by atoms with Crippen molar-refractivity contribution in [2.45, 2.75) is 58.5 Å². The van der Waals surface area contributed by atoms with Crippen LogP contribution in [0, 0.1) is 5.41 Å². The van der Waals surface area contributed by atoms with E-state index in [2.05, 4.69) is 11.4 Å². The largest absolute Gasteiger partial charge is 0.453 e. The molecule has 0 radical (unpaired) electrons. The molecule has 0 aliphatic heterocycles. The summed E-state index contributed by atoms with van der Waals surface area (Å²) < 4.78 is 5.97. The Hall–Kier alpha value is -0.830. The first-order chi connectivity index (χ1) is 8.50. The highest BCUT2D eigenvalue weighted by molar-refractivity contribution is 7.10. The maximum atomic E-state index is 12.3. The molecule has 1 fully saturated rings. The third kappa shape index (κ3) is 2.46. The molecule has 18 heavy (non-hydrogen) atoms. The van der Waals surface area contributed by atoms with Crippen molar-refractivity contribution < 1.29 is 9.53 Å². The lowest BCUT2D eigenvalue weighted by atomic mass is 9.89. The Balaban J connectivity index is 2.20. The van der Waals surface area contributed by atoms with Gasteiger partial charge in [0, 0.05) is 4.88 Å². The molecule has 1 aromatic heterocycles. The summed E-state index contributed by atoms with van der Waals surface area (Å²) in [7, 11) is 0. The third-order valence-electron chi connectivity index (χ3n) is 4.11. The van der Waals surface area contributed by atoms with E-state index >= 15 is 0 Å². The van der Waals surface area contributed by atoms with Gasteiger partial charge in [-0.2, -0.15) is 0 Å². The normalized spacial score (nSPS) is 18.8. The average Bonchev–Trinajstić information content (AvgIpc) is 2.99. The second-order valence-electron chi connectivity index (χ2n) is 5.81. The van der Waals surface area contributed by atoms with Crippen LogP contribution in [0.5, 0.6) is 0 Å². The quantitative estimate of drug-likeness (QED) is 0.750. The van der Waals surface area contributed by atoms with Crippen LogP contribution in [0.2, 0.25) is 0 Å². The first kappa shape index (κ1) is 13.6. The number of hydrogen-bond acceptors (Lipinski definition) is 3. The molecule has 1 aromatic rings. The molecule has 0 amide bonds. The van der Waals surface area contributed by atoms with Gasteiger partial charge in [-0.15, -0.1) is 11.3 Å². The first-order valence-electron chi connectivity index (χ1n) is 6.78. The maximum Gasteiger partial charge on any atom is 0.312 e. The fourth-order valence-electron chi connectivity index (χ4n) is 2.34. The minimum Gasteiger partial charge on any atom is -0.453 e. The van der Waals surface area contributed by atoms with Crippen LogP contribution in [0.3, 0.4) is 0 Å². The molecule has 0 saturated heterocycles. The first-order valence-corrected chi connectivity index (χ1v) is 7.65.